The summed E-state index contributed by atoms with van der Waals surface area (Å²) < 4.78 is 42.2. The lowest BCUT2D eigenvalue weighted by Gasteiger charge is -2.38. The summed E-state index contributed by atoms with van der Waals surface area (Å²) in [4.78, 5) is 0.00293. The SMILES string of the molecule is C[C@H](CCCO)N(C1C=CC=CC1(F)Cl)S(=O)(=O)c1ccc(Cl)cc1. The molecule has 0 saturated carbocycles. The fourth-order valence-electron chi connectivity index (χ4n) is 2.74. The normalized spacial score (nSPS) is 24.6. The van der Waals surface area contributed by atoms with Gasteiger partial charge in [0.15, 0.2) is 0 Å². The molecule has 0 radical (unpaired) electrons. The Balaban J connectivity index is 2.49. The Labute approximate surface area is 157 Å². The average Bonchev–Trinajstić information content (AvgIpc) is 2.55. The molecule has 0 spiro atoms. The van der Waals surface area contributed by atoms with Crippen LogP contribution < -0.4 is 0 Å². The van der Waals surface area contributed by atoms with Gasteiger partial charge in [0.25, 0.3) is 0 Å². The van der Waals surface area contributed by atoms with Gasteiger partial charge in [0, 0.05) is 17.7 Å². The van der Waals surface area contributed by atoms with Crippen LogP contribution in [0.4, 0.5) is 4.39 Å². The molecule has 2 rings (SSSR count). The van der Waals surface area contributed by atoms with E-state index in [2.05, 4.69) is 0 Å². The van der Waals surface area contributed by atoms with Crippen molar-refractivity contribution in [2.75, 3.05) is 6.61 Å². The maximum Gasteiger partial charge on any atom is 0.244 e. The van der Waals surface area contributed by atoms with Crippen LogP contribution in [0.25, 0.3) is 0 Å². The maximum atomic E-state index is 14.8. The van der Waals surface area contributed by atoms with Gasteiger partial charge in [-0.25, -0.2) is 12.8 Å². The second kappa shape index (κ2) is 8.18. The number of hydrogen-bond acceptors (Lipinski definition) is 3. The van der Waals surface area contributed by atoms with Gasteiger partial charge in [-0.3, -0.25) is 0 Å². The number of rotatable bonds is 7. The molecule has 0 fully saturated rings. The van der Waals surface area contributed by atoms with E-state index in [9.17, 15) is 12.8 Å². The molecule has 4 nitrogen and oxygen atoms in total. The summed E-state index contributed by atoms with van der Waals surface area (Å²) in [6, 6.07) is 3.91. The third kappa shape index (κ3) is 4.63. The summed E-state index contributed by atoms with van der Waals surface area (Å²) >= 11 is 11.8. The van der Waals surface area contributed by atoms with Gasteiger partial charge in [0.1, 0.15) is 0 Å². The fourth-order valence-corrected chi connectivity index (χ4v) is 5.00. The molecule has 0 saturated heterocycles. The molecule has 8 heteroatoms. The van der Waals surface area contributed by atoms with Crippen molar-refractivity contribution in [3.05, 3.63) is 53.6 Å². The van der Waals surface area contributed by atoms with E-state index in [1.165, 1.54) is 36.4 Å². The van der Waals surface area contributed by atoms with Gasteiger partial charge in [-0.05, 0) is 50.1 Å². The highest BCUT2D eigenvalue weighted by Crippen LogP contribution is 2.36. The average molecular weight is 408 g/mol. The van der Waals surface area contributed by atoms with Crippen molar-refractivity contribution >= 4 is 33.2 Å². The molecular formula is C17H20Cl2FNO3S. The van der Waals surface area contributed by atoms with Crippen LogP contribution >= 0.6 is 23.2 Å². The quantitative estimate of drug-likeness (QED) is 0.697. The van der Waals surface area contributed by atoms with Crippen molar-refractivity contribution in [1.29, 1.82) is 0 Å². The lowest BCUT2D eigenvalue weighted by molar-refractivity contribution is 0.172. The van der Waals surface area contributed by atoms with Crippen LogP contribution in [0.2, 0.25) is 5.02 Å². The number of aliphatic hydroxyl groups is 1. The second-order valence-electron chi connectivity index (χ2n) is 5.87. The predicted octanol–water partition coefficient (Wildman–Crippen LogP) is 3.89. The summed E-state index contributed by atoms with van der Waals surface area (Å²) in [6.07, 6.45) is 6.31. The first-order valence-corrected chi connectivity index (χ1v) is 10.0. The molecule has 2 unspecified atom stereocenters. The zero-order chi connectivity index (χ0) is 18.7. The van der Waals surface area contributed by atoms with E-state index in [4.69, 9.17) is 28.3 Å². The molecular weight excluding hydrogens is 388 g/mol. The van der Waals surface area contributed by atoms with Crippen molar-refractivity contribution in [2.45, 2.75) is 41.9 Å². The lowest BCUT2D eigenvalue weighted by atomic mass is 10.0. The van der Waals surface area contributed by atoms with E-state index < -0.39 is 27.2 Å². The van der Waals surface area contributed by atoms with Crippen LogP contribution in [-0.2, 0) is 10.0 Å². The molecule has 1 aliphatic rings. The smallest absolute Gasteiger partial charge is 0.244 e. The number of nitrogens with zero attached hydrogens (tertiary/aromatic N) is 1. The Morgan fingerprint density at radius 3 is 2.52 bits per heavy atom. The van der Waals surface area contributed by atoms with Crippen LogP contribution in [0.15, 0.2) is 53.5 Å². The molecule has 0 amide bonds. The van der Waals surface area contributed by atoms with Crippen LogP contribution in [0.1, 0.15) is 19.8 Å². The van der Waals surface area contributed by atoms with Crippen LogP contribution in [-0.4, -0.2) is 41.6 Å². The minimum atomic E-state index is -4.03. The molecule has 25 heavy (non-hydrogen) atoms. The Bertz CT molecular complexity index is 748. The number of allylic oxidation sites excluding steroid dienone is 2. The summed E-state index contributed by atoms with van der Waals surface area (Å²) in [6.45, 7) is 1.59. The Morgan fingerprint density at radius 1 is 1.32 bits per heavy atom. The van der Waals surface area contributed by atoms with E-state index in [0.29, 0.717) is 17.9 Å². The van der Waals surface area contributed by atoms with Crippen molar-refractivity contribution < 1.29 is 17.9 Å². The predicted molar refractivity (Wildman–Crippen MR) is 98.0 cm³/mol. The molecule has 1 N–H and O–H groups in total. The summed E-state index contributed by atoms with van der Waals surface area (Å²) in [7, 11) is -4.03. The second-order valence-corrected chi connectivity index (χ2v) is 8.73. The van der Waals surface area contributed by atoms with Crippen LogP contribution in [0.5, 0.6) is 0 Å². The molecule has 0 aliphatic heterocycles. The summed E-state index contributed by atoms with van der Waals surface area (Å²) in [5, 5.41) is 7.09. The lowest BCUT2D eigenvalue weighted by Crippen LogP contribution is -2.52. The third-order valence-corrected chi connectivity index (χ3v) is 6.61. The molecule has 0 heterocycles. The zero-order valence-electron chi connectivity index (χ0n) is 13.6. The first-order chi connectivity index (χ1) is 11.7. The van der Waals surface area contributed by atoms with E-state index in [1.807, 2.05) is 0 Å². The van der Waals surface area contributed by atoms with E-state index >= 15 is 0 Å². The number of halogens is 3. The molecule has 1 aromatic carbocycles. The minimum Gasteiger partial charge on any atom is -0.396 e. The monoisotopic (exact) mass is 407 g/mol. The maximum absolute atomic E-state index is 14.8. The molecule has 1 aromatic rings. The van der Waals surface area contributed by atoms with Crippen LogP contribution in [0, 0.1) is 0 Å². The largest absolute Gasteiger partial charge is 0.396 e. The topological polar surface area (TPSA) is 57.6 Å². The molecule has 138 valence electrons. The van der Waals surface area contributed by atoms with Gasteiger partial charge in [-0.1, -0.05) is 41.4 Å². The molecule has 1 aliphatic carbocycles. The number of aliphatic hydroxyl groups excluding tert-OH is 1. The molecule has 3 atom stereocenters. The van der Waals surface area contributed by atoms with Crippen molar-refractivity contribution in [1.82, 2.24) is 4.31 Å². The van der Waals surface area contributed by atoms with Crippen LogP contribution in [0.3, 0.4) is 0 Å². The van der Waals surface area contributed by atoms with E-state index in [-0.39, 0.29) is 11.5 Å². The number of sulfonamides is 1. The summed E-state index contributed by atoms with van der Waals surface area (Å²) in [5.74, 6) is 0. The Morgan fingerprint density at radius 2 is 1.96 bits per heavy atom. The first-order valence-electron chi connectivity index (χ1n) is 7.84. The van der Waals surface area contributed by atoms with Gasteiger partial charge in [0.05, 0.1) is 10.9 Å². The first kappa shape index (κ1) is 20.4. The van der Waals surface area contributed by atoms with Gasteiger partial charge in [-0.15, -0.1) is 0 Å². The number of alkyl halides is 2. The van der Waals surface area contributed by atoms with Gasteiger partial charge in [-0.2, -0.15) is 4.31 Å². The minimum absolute atomic E-state index is 0.00293. The zero-order valence-corrected chi connectivity index (χ0v) is 16.0. The highest BCUT2D eigenvalue weighted by molar-refractivity contribution is 7.89. The number of hydrogen-bond donors (Lipinski definition) is 1. The van der Waals surface area contributed by atoms with E-state index in [0.717, 1.165) is 10.4 Å². The van der Waals surface area contributed by atoms with Crippen molar-refractivity contribution in [2.24, 2.45) is 0 Å². The van der Waals surface area contributed by atoms with Crippen molar-refractivity contribution in [3.63, 3.8) is 0 Å². The standard InChI is InChI=1S/C17H20Cl2FNO3S/c1-13(5-4-12-22)21(16-6-2-3-11-17(16,19)20)25(23,24)15-9-7-14(18)8-10-15/h2-3,6-11,13,16,22H,4-5,12H2,1H3/t13-,16?,17?/m1/s1. The van der Waals surface area contributed by atoms with Gasteiger partial charge >= 0.3 is 0 Å². The molecule has 0 aromatic heterocycles. The Kier molecular flexibility index (Phi) is 6.68. The summed E-state index contributed by atoms with van der Waals surface area (Å²) in [5.41, 5.74) is 0. The van der Waals surface area contributed by atoms with E-state index in [1.54, 1.807) is 13.0 Å². The van der Waals surface area contributed by atoms with Gasteiger partial charge in [0.2, 0.25) is 15.2 Å². The Hall–Kier alpha value is -0.920. The van der Waals surface area contributed by atoms with Gasteiger partial charge < -0.3 is 5.11 Å². The third-order valence-electron chi connectivity index (χ3n) is 3.99. The molecule has 0 bridgehead atoms. The fraction of sp³-hybridized carbons (Fsp3) is 0.412. The highest BCUT2D eigenvalue weighted by atomic mass is 35.5. The van der Waals surface area contributed by atoms with Crippen molar-refractivity contribution in [3.8, 4) is 0 Å². The number of benzene rings is 1. The highest BCUT2D eigenvalue weighted by Gasteiger charge is 2.45.